The number of nitrogens with one attached hydrogen (secondary N) is 2. The summed E-state index contributed by atoms with van der Waals surface area (Å²) < 4.78 is 7.14. The third kappa shape index (κ3) is 6.89. The fourth-order valence-corrected chi connectivity index (χ4v) is 4.23. The van der Waals surface area contributed by atoms with Crippen LogP contribution in [0, 0.1) is 0 Å². The van der Waals surface area contributed by atoms with Crippen LogP contribution in [-0.2, 0) is 27.8 Å². The van der Waals surface area contributed by atoms with E-state index in [1.165, 1.54) is 6.92 Å². The summed E-state index contributed by atoms with van der Waals surface area (Å²) in [5.74, 6) is -0.942. The summed E-state index contributed by atoms with van der Waals surface area (Å²) in [5.41, 5.74) is 5.25. The third-order valence-corrected chi connectivity index (χ3v) is 6.31. The Labute approximate surface area is 226 Å². The van der Waals surface area contributed by atoms with Crippen LogP contribution >= 0.6 is 0 Å². The van der Waals surface area contributed by atoms with Crippen molar-refractivity contribution in [2.75, 3.05) is 5.32 Å². The van der Waals surface area contributed by atoms with E-state index in [2.05, 4.69) is 15.7 Å². The Morgan fingerprint density at radius 1 is 0.923 bits per heavy atom. The Kier molecular flexibility index (Phi) is 8.40. The molecule has 4 rings (SSSR count). The summed E-state index contributed by atoms with van der Waals surface area (Å²) in [4.78, 5) is 35.3. The fourth-order valence-electron chi connectivity index (χ4n) is 4.23. The van der Waals surface area contributed by atoms with E-state index in [0.29, 0.717) is 5.82 Å². The molecule has 2 amide bonds. The van der Waals surface area contributed by atoms with Crippen LogP contribution in [0.25, 0.3) is 22.3 Å². The molecule has 9 nitrogen and oxygen atoms in total. The van der Waals surface area contributed by atoms with Crippen molar-refractivity contribution < 1.29 is 24.2 Å². The van der Waals surface area contributed by atoms with Crippen LogP contribution in [0.1, 0.15) is 31.1 Å². The lowest BCUT2D eigenvalue weighted by atomic mass is 9.99. The number of benzene rings is 3. The molecule has 9 heteroatoms. The maximum Gasteiger partial charge on any atom is 0.413 e. The minimum Gasteiger partial charge on any atom is -0.480 e. The highest BCUT2D eigenvalue weighted by Crippen LogP contribution is 2.30. The van der Waals surface area contributed by atoms with Crippen molar-refractivity contribution in [3.8, 4) is 22.3 Å². The summed E-state index contributed by atoms with van der Waals surface area (Å²) in [7, 11) is 1.75. The van der Waals surface area contributed by atoms with Crippen molar-refractivity contribution in [2.45, 2.75) is 32.4 Å². The molecule has 1 aromatic heterocycles. The monoisotopic (exact) mass is 526 g/mol. The van der Waals surface area contributed by atoms with E-state index in [0.717, 1.165) is 33.4 Å². The number of aliphatic carboxylic acids is 1. The topological polar surface area (TPSA) is 123 Å². The van der Waals surface area contributed by atoms with Crippen LogP contribution in [0.5, 0.6) is 0 Å². The predicted molar refractivity (Wildman–Crippen MR) is 148 cm³/mol. The van der Waals surface area contributed by atoms with Gasteiger partial charge in [0.2, 0.25) is 5.91 Å². The Morgan fingerprint density at radius 2 is 1.51 bits per heavy atom. The summed E-state index contributed by atoms with van der Waals surface area (Å²) in [6.45, 7) is 3.11. The number of rotatable bonds is 9. The highest BCUT2D eigenvalue weighted by atomic mass is 16.6. The molecule has 2 atom stereocenters. The number of carbonyl (C=O) groups is 3. The molecule has 0 aliphatic rings. The average molecular weight is 527 g/mol. The Bertz CT molecular complexity index is 1450. The molecule has 200 valence electrons. The quantitative estimate of drug-likeness (QED) is 0.276. The van der Waals surface area contributed by atoms with Crippen LogP contribution in [0.15, 0.2) is 85.1 Å². The van der Waals surface area contributed by atoms with Gasteiger partial charge in [0.25, 0.3) is 0 Å². The summed E-state index contributed by atoms with van der Waals surface area (Å²) >= 11 is 0. The second-order valence-corrected chi connectivity index (χ2v) is 9.18. The molecule has 0 saturated heterocycles. The largest absolute Gasteiger partial charge is 0.480 e. The van der Waals surface area contributed by atoms with E-state index in [1.807, 2.05) is 85.8 Å². The van der Waals surface area contributed by atoms with Gasteiger partial charge >= 0.3 is 12.1 Å². The van der Waals surface area contributed by atoms with Crippen molar-refractivity contribution in [2.24, 2.45) is 7.05 Å². The Morgan fingerprint density at radius 3 is 2.10 bits per heavy atom. The molecule has 0 aliphatic heterocycles. The first-order chi connectivity index (χ1) is 18.7. The number of ether oxygens (including phenoxy) is 1. The summed E-state index contributed by atoms with van der Waals surface area (Å²) in [5, 5.41) is 18.9. The normalized spacial score (nSPS) is 12.3. The van der Waals surface area contributed by atoms with Gasteiger partial charge in [-0.2, -0.15) is 5.10 Å². The van der Waals surface area contributed by atoms with Gasteiger partial charge in [0.15, 0.2) is 0 Å². The zero-order valence-electron chi connectivity index (χ0n) is 21.9. The second-order valence-electron chi connectivity index (χ2n) is 9.18. The number of amides is 2. The lowest BCUT2D eigenvalue weighted by Crippen LogP contribution is -2.41. The lowest BCUT2D eigenvalue weighted by molar-refractivity contribution is -0.141. The Balaban J connectivity index is 1.44. The lowest BCUT2D eigenvalue weighted by Gasteiger charge is -2.15. The first-order valence-electron chi connectivity index (χ1n) is 12.5. The van der Waals surface area contributed by atoms with Crippen molar-refractivity contribution in [3.63, 3.8) is 0 Å². The Hall–Kier alpha value is -4.92. The number of hydrogen-bond acceptors (Lipinski definition) is 5. The van der Waals surface area contributed by atoms with Gasteiger partial charge in [-0.05, 0) is 34.7 Å². The molecule has 1 unspecified atom stereocenters. The fraction of sp³-hybridized carbons (Fsp3) is 0.200. The van der Waals surface area contributed by atoms with Gasteiger partial charge in [0, 0.05) is 26.0 Å². The highest BCUT2D eigenvalue weighted by molar-refractivity contribution is 5.90. The maximum atomic E-state index is 12.6. The molecule has 0 radical (unpaired) electrons. The predicted octanol–water partition coefficient (Wildman–Crippen LogP) is 5.20. The first-order valence-corrected chi connectivity index (χ1v) is 12.5. The number of carboxylic acid groups (broad SMARTS) is 1. The van der Waals surface area contributed by atoms with Gasteiger partial charge in [-0.3, -0.25) is 14.8 Å². The maximum absolute atomic E-state index is 12.6. The summed E-state index contributed by atoms with van der Waals surface area (Å²) in [6, 6.07) is 23.9. The molecule has 1 heterocycles. The number of anilines is 1. The molecular weight excluding hydrogens is 496 g/mol. The van der Waals surface area contributed by atoms with Gasteiger partial charge in [-0.1, -0.05) is 78.9 Å². The molecule has 0 saturated carbocycles. The number of carboxylic acids is 1. The van der Waals surface area contributed by atoms with E-state index in [1.54, 1.807) is 17.9 Å². The molecule has 0 spiro atoms. The number of carbonyl (C=O) groups excluding carboxylic acids is 2. The molecular formula is C30H30N4O5. The molecule has 3 aromatic carbocycles. The van der Waals surface area contributed by atoms with Gasteiger partial charge in [-0.25, -0.2) is 9.59 Å². The number of nitrogens with zero attached hydrogens (tertiary/aromatic N) is 2. The molecule has 4 aromatic rings. The highest BCUT2D eigenvalue weighted by Gasteiger charge is 2.19. The molecule has 39 heavy (non-hydrogen) atoms. The SMILES string of the molecule is CC(=O)NC(Cc1ccc(-c2ccc(-c3cnn(C)c3NC(=O)O[C@H](C)c3ccccc3)cc2)cc1)C(=O)O. The molecule has 0 bridgehead atoms. The molecule has 3 N–H and O–H groups in total. The molecule has 0 aliphatic carbocycles. The third-order valence-electron chi connectivity index (χ3n) is 6.31. The summed E-state index contributed by atoms with van der Waals surface area (Å²) in [6.07, 6.45) is 0.899. The van der Waals surface area contributed by atoms with Crippen LogP contribution in [0.3, 0.4) is 0 Å². The van der Waals surface area contributed by atoms with Gasteiger partial charge < -0.3 is 15.2 Å². The minimum atomic E-state index is -1.08. The van der Waals surface area contributed by atoms with Crippen LogP contribution in [0.4, 0.5) is 10.6 Å². The zero-order valence-corrected chi connectivity index (χ0v) is 21.9. The van der Waals surface area contributed by atoms with Gasteiger partial charge in [-0.15, -0.1) is 0 Å². The number of aryl methyl sites for hydroxylation is 1. The smallest absolute Gasteiger partial charge is 0.413 e. The van der Waals surface area contributed by atoms with Crippen molar-refractivity contribution in [1.29, 1.82) is 0 Å². The van der Waals surface area contributed by atoms with Crippen LogP contribution in [-0.4, -0.2) is 38.9 Å². The van der Waals surface area contributed by atoms with Crippen LogP contribution in [0.2, 0.25) is 0 Å². The molecule has 0 fully saturated rings. The number of aromatic nitrogens is 2. The minimum absolute atomic E-state index is 0.192. The van der Waals surface area contributed by atoms with E-state index in [9.17, 15) is 19.5 Å². The van der Waals surface area contributed by atoms with Crippen molar-refractivity contribution in [1.82, 2.24) is 15.1 Å². The van der Waals surface area contributed by atoms with Crippen molar-refractivity contribution in [3.05, 3.63) is 96.2 Å². The number of hydrogen-bond donors (Lipinski definition) is 3. The van der Waals surface area contributed by atoms with Crippen LogP contribution < -0.4 is 10.6 Å². The van der Waals surface area contributed by atoms with E-state index >= 15 is 0 Å². The standard InChI is InChI=1S/C30H30N4O5/c1-19(22-7-5-4-6-8-22)39-30(38)33-28-26(18-31-34(28)3)25-15-13-24(14-16-25)23-11-9-21(10-12-23)17-27(29(36)37)32-20(2)35/h4-16,18-19,27H,17H2,1-3H3,(H,32,35)(H,33,38)(H,36,37)/t19-,27?/m1/s1. The average Bonchev–Trinajstić information content (AvgIpc) is 3.28. The van der Waals surface area contributed by atoms with E-state index in [4.69, 9.17) is 4.74 Å². The van der Waals surface area contributed by atoms with E-state index < -0.39 is 24.2 Å². The second kappa shape index (κ2) is 12.1. The van der Waals surface area contributed by atoms with Gasteiger partial charge in [0.05, 0.1) is 6.20 Å². The van der Waals surface area contributed by atoms with Crippen molar-refractivity contribution >= 4 is 23.8 Å². The zero-order chi connectivity index (χ0) is 27.9. The first kappa shape index (κ1) is 27.1. The van der Waals surface area contributed by atoms with E-state index in [-0.39, 0.29) is 12.3 Å². The van der Waals surface area contributed by atoms with Gasteiger partial charge in [0.1, 0.15) is 18.0 Å².